The highest BCUT2D eigenvalue weighted by Crippen LogP contribution is 2.38. The van der Waals surface area contributed by atoms with Crippen LogP contribution >= 0.6 is 7.82 Å². The molecule has 452 valence electrons. The maximum absolute atomic E-state index is 12.8. The van der Waals surface area contributed by atoms with E-state index < -0.39 is 26.5 Å². The number of carbonyl (C=O) groups excluding carboxylic acids is 2. The van der Waals surface area contributed by atoms with Crippen molar-refractivity contribution < 1.29 is 42.1 Å². The maximum Gasteiger partial charge on any atom is 0.306 e. The summed E-state index contributed by atoms with van der Waals surface area (Å²) < 4.78 is 34.1. The van der Waals surface area contributed by atoms with Crippen molar-refractivity contribution in [2.75, 3.05) is 47.5 Å². The molecule has 0 rings (SSSR count). The Balaban J connectivity index is 3.77. The van der Waals surface area contributed by atoms with Crippen LogP contribution in [0.1, 0.15) is 348 Å². The Bertz CT molecular complexity index is 1290. The Kier molecular flexibility index (Phi) is 57.4. The molecule has 0 saturated heterocycles. The van der Waals surface area contributed by atoms with E-state index in [0.717, 1.165) is 32.1 Å². The fraction of sp³-hybridized carbons (Fsp3) is 0.939. The molecule has 0 amide bonds. The van der Waals surface area contributed by atoms with Crippen molar-refractivity contribution in [1.82, 2.24) is 0 Å². The summed E-state index contributed by atoms with van der Waals surface area (Å²) >= 11 is 0. The molecule has 2 unspecified atom stereocenters. The third-order valence-electron chi connectivity index (χ3n) is 15.3. The van der Waals surface area contributed by atoms with Crippen LogP contribution in [0.3, 0.4) is 0 Å². The lowest BCUT2D eigenvalue weighted by Crippen LogP contribution is -2.37. The van der Waals surface area contributed by atoms with Gasteiger partial charge in [-0.1, -0.05) is 309 Å². The quantitative estimate of drug-likeness (QED) is 0.0195. The molecular weight excluding hydrogens is 966 g/mol. The van der Waals surface area contributed by atoms with Crippen LogP contribution in [-0.2, 0) is 32.7 Å². The van der Waals surface area contributed by atoms with E-state index in [0.29, 0.717) is 17.4 Å². The zero-order valence-corrected chi connectivity index (χ0v) is 52.4. The number of hydrogen-bond donors (Lipinski definition) is 0. The summed E-state index contributed by atoms with van der Waals surface area (Å²) in [7, 11) is 1.19. The highest BCUT2D eigenvalue weighted by molar-refractivity contribution is 7.45. The first-order valence-corrected chi connectivity index (χ1v) is 34.9. The van der Waals surface area contributed by atoms with Crippen LogP contribution in [0, 0.1) is 0 Å². The second-order valence-corrected chi connectivity index (χ2v) is 25.6. The van der Waals surface area contributed by atoms with Gasteiger partial charge in [-0.05, 0) is 38.5 Å². The van der Waals surface area contributed by atoms with E-state index in [1.54, 1.807) is 0 Å². The van der Waals surface area contributed by atoms with Crippen LogP contribution in [0.25, 0.3) is 0 Å². The van der Waals surface area contributed by atoms with Gasteiger partial charge in [-0.25, -0.2) is 0 Å². The molecule has 0 N–H and O–H groups in total. The van der Waals surface area contributed by atoms with E-state index in [-0.39, 0.29) is 32.0 Å². The number of carbonyl (C=O) groups is 2. The SMILES string of the molecule is CCCCCCCCCC/C=C\CCCCCCCCCCCCCCCCCCCCCCCCCCCCCCCC(=O)OC(COC(=O)CCCCCCCCCCCCC)COP(=O)([O-])OCC[N+](C)(C)C. The van der Waals surface area contributed by atoms with Gasteiger partial charge in [0.1, 0.15) is 19.8 Å². The third-order valence-corrected chi connectivity index (χ3v) is 16.2. The molecule has 2 atom stereocenters. The number of nitrogens with zero attached hydrogens (tertiary/aromatic N) is 1. The number of phosphoric acid groups is 1. The van der Waals surface area contributed by atoms with Crippen molar-refractivity contribution in [1.29, 1.82) is 0 Å². The van der Waals surface area contributed by atoms with Gasteiger partial charge in [-0.15, -0.1) is 0 Å². The molecular formula is C66H130NO8P. The average molecular weight is 1100 g/mol. The van der Waals surface area contributed by atoms with E-state index >= 15 is 0 Å². The number of allylic oxidation sites excluding steroid dienone is 2. The second kappa shape index (κ2) is 58.4. The summed E-state index contributed by atoms with van der Waals surface area (Å²) in [6.07, 6.45) is 70.4. The molecule has 9 nitrogen and oxygen atoms in total. The number of esters is 2. The zero-order chi connectivity index (χ0) is 55.6. The molecule has 0 radical (unpaired) electrons. The minimum atomic E-state index is -4.63. The fourth-order valence-electron chi connectivity index (χ4n) is 10.1. The van der Waals surface area contributed by atoms with Crippen molar-refractivity contribution in [3.8, 4) is 0 Å². The summed E-state index contributed by atoms with van der Waals surface area (Å²) in [5.74, 6) is -0.814. The van der Waals surface area contributed by atoms with Crippen LogP contribution in [0.2, 0.25) is 0 Å². The molecule has 0 bridgehead atoms. The highest BCUT2D eigenvalue weighted by atomic mass is 31.2. The standard InChI is InChI=1S/C66H130NO8P/c1-6-8-10-12-14-16-18-19-20-21-22-23-24-25-26-27-28-29-30-31-32-33-34-35-36-37-38-39-40-41-42-43-44-45-46-47-49-51-53-55-57-59-66(69)75-64(63-74-76(70,71)73-61-60-67(3,4)5)62-72-65(68)58-56-54-52-50-48-17-15-13-11-9-7-2/h21-22,64H,6-20,23-63H2,1-5H3/b22-21-. The molecule has 0 saturated carbocycles. The van der Waals surface area contributed by atoms with Gasteiger partial charge in [0.2, 0.25) is 0 Å². The molecule has 10 heteroatoms. The Hall–Kier alpha value is -1.25. The Labute approximate surface area is 473 Å². The first-order chi connectivity index (χ1) is 37.0. The van der Waals surface area contributed by atoms with Crippen molar-refractivity contribution in [3.63, 3.8) is 0 Å². The number of unbranched alkanes of at least 4 members (excludes halogenated alkanes) is 47. The lowest BCUT2D eigenvalue weighted by molar-refractivity contribution is -0.870. The predicted octanol–water partition coefficient (Wildman–Crippen LogP) is 20.5. The monoisotopic (exact) mass is 1100 g/mol. The van der Waals surface area contributed by atoms with Gasteiger partial charge in [0.15, 0.2) is 6.10 Å². The number of hydrogen-bond acceptors (Lipinski definition) is 8. The van der Waals surface area contributed by atoms with Crippen LogP contribution in [0.5, 0.6) is 0 Å². The Morgan fingerprint density at radius 2 is 0.671 bits per heavy atom. The summed E-state index contributed by atoms with van der Waals surface area (Å²) in [6, 6.07) is 0. The molecule has 0 heterocycles. The maximum atomic E-state index is 12.8. The molecule has 0 aromatic rings. The van der Waals surface area contributed by atoms with Gasteiger partial charge in [0, 0.05) is 12.8 Å². The van der Waals surface area contributed by atoms with Gasteiger partial charge in [0.05, 0.1) is 27.7 Å². The third kappa shape index (κ3) is 62.0. The summed E-state index contributed by atoms with van der Waals surface area (Å²) in [6.45, 7) is 4.28. The summed E-state index contributed by atoms with van der Waals surface area (Å²) in [5, 5.41) is 0. The van der Waals surface area contributed by atoms with Gasteiger partial charge < -0.3 is 27.9 Å². The van der Waals surface area contributed by atoms with Crippen LogP contribution in [0.4, 0.5) is 0 Å². The number of ether oxygens (including phenoxy) is 2. The number of likely N-dealkylation sites (N-methyl/N-ethyl adjacent to an activating group) is 1. The van der Waals surface area contributed by atoms with E-state index in [1.807, 2.05) is 21.1 Å². The molecule has 0 aliphatic rings. The normalized spacial score (nSPS) is 13.2. The number of phosphoric ester groups is 1. The number of rotatable bonds is 63. The van der Waals surface area contributed by atoms with Crippen LogP contribution in [0.15, 0.2) is 12.2 Å². The zero-order valence-electron chi connectivity index (χ0n) is 51.5. The van der Waals surface area contributed by atoms with Crippen molar-refractivity contribution >= 4 is 19.8 Å². The van der Waals surface area contributed by atoms with Gasteiger partial charge in [-0.2, -0.15) is 0 Å². The minimum absolute atomic E-state index is 0.0259. The lowest BCUT2D eigenvalue weighted by atomic mass is 10.0. The lowest BCUT2D eigenvalue weighted by Gasteiger charge is -2.28. The summed E-state index contributed by atoms with van der Waals surface area (Å²) in [4.78, 5) is 37.8. The molecule has 0 aliphatic carbocycles. The molecule has 0 aromatic heterocycles. The van der Waals surface area contributed by atoms with Gasteiger partial charge >= 0.3 is 11.9 Å². The van der Waals surface area contributed by atoms with E-state index in [9.17, 15) is 19.0 Å². The highest BCUT2D eigenvalue weighted by Gasteiger charge is 2.22. The Morgan fingerprint density at radius 1 is 0.395 bits per heavy atom. The number of quaternary nitrogens is 1. The van der Waals surface area contributed by atoms with Crippen molar-refractivity contribution in [3.05, 3.63) is 12.2 Å². The molecule has 76 heavy (non-hydrogen) atoms. The first-order valence-electron chi connectivity index (χ1n) is 33.4. The van der Waals surface area contributed by atoms with E-state index in [4.69, 9.17) is 18.5 Å². The topological polar surface area (TPSA) is 111 Å². The minimum Gasteiger partial charge on any atom is -0.756 e. The fourth-order valence-corrected chi connectivity index (χ4v) is 10.9. The molecule has 0 aliphatic heterocycles. The molecule has 0 spiro atoms. The van der Waals surface area contributed by atoms with Gasteiger partial charge in [-0.3, -0.25) is 14.2 Å². The van der Waals surface area contributed by atoms with Gasteiger partial charge in [0.25, 0.3) is 7.82 Å². The van der Waals surface area contributed by atoms with Crippen LogP contribution < -0.4 is 4.89 Å². The van der Waals surface area contributed by atoms with E-state index in [1.165, 1.54) is 283 Å². The van der Waals surface area contributed by atoms with E-state index in [2.05, 4.69) is 26.0 Å². The van der Waals surface area contributed by atoms with Crippen LogP contribution in [-0.4, -0.2) is 70.0 Å². The predicted molar refractivity (Wildman–Crippen MR) is 324 cm³/mol. The van der Waals surface area contributed by atoms with Crippen molar-refractivity contribution in [2.45, 2.75) is 354 Å². The largest absolute Gasteiger partial charge is 0.756 e. The van der Waals surface area contributed by atoms with Crippen molar-refractivity contribution in [2.24, 2.45) is 0 Å². The first kappa shape index (κ1) is 74.8. The summed E-state index contributed by atoms with van der Waals surface area (Å²) in [5.41, 5.74) is 0. The smallest absolute Gasteiger partial charge is 0.306 e. The second-order valence-electron chi connectivity index (χ2n) is 24.2. The molecule has 0 aromatic carbocycles. The average Bonchev–Trinajstić information content (AvgIpc) is 3.38. The Morgan fingerprint density at radius 3 is 0.974 bits per heavy atom. The molecule has 0 fully saturated rings.